The monoisotopic (exact) mass is 418 g/mol. The van der Waals surface area contributed by atoms with E-state index < -0.39 is 0 Å². The molecule has 0 heterocycles. The topological polar surface area (TPSA) is 50.7 Å². The van der Waals surface area contributed by atoms with Gasteiger partial charge in [0.15, 0.2) is 0 Å². The van der Waals surface area contributed by atoms with E-state index in [4.69, 9.17) is 51.1 Å². The van der Waals surface area contributed by atoms with Crippen molar-refractivity contribution in [3.05, 3.63) is 62.1 Å². The van der Waals surface area contributed by atoms with Crippen LogP contribution in [0.15, 0.2) is 41.5 Å². The standard InChI is InChI=1S/C17H14Cl4N2O2/c18-11-6-7-16(15(21)9-11)25-8-2-5-17(24)23-22-10-12-13(19)3-1-4-14(12)20/h1,3-4,6-7,9-10H,2,5,8H2,(H,23,24). The zero-order valence-electron chi connectivity index (χ0n) is 12.9. The van der Waals surface area contributed by atoms with E-state index in [1.54, 1.807) is 36.4 Å². The summed E-state index contributed by atoms with van der Waals surface area (Å²) in [5, 5.41) is 5.73. The van der Waals surface area contributed by atoms with Crippen molar-refractivity contribution in [1.29, 1.82) is 0 Å². The fourth-order valence-corrected chi connectivity index (χ4v) is 2.82. The van der Waals surface area contributed by atoms with Crippen LogP contribution in [0.5, 0.6) is 5.75 Å². The quantitative estimate of drug-likeness (QED) is 0.360. The van der Waals surface area contributed by atoms with Gasteiger partial charge in [0.05, 0.1) is 27.9 Å². The summed E-state index contributed by atoms with van der Waals surface area (Å²) in [7, 11) is 0. The molecule has 132 valence electrons. The summed E-state index contributed by atoms with van der Waals surface area (Å²) in [5.41, 5.74) is 2.97. The minimum atomic E-state index is -0.245. The van der Waals surface area contributed by atoms with E-state index in [1.165, 1.54) is 6.21 Å². The normalized spacial score (nSPS) is 10.9. The molecule has 25 heavy (non-hydrogen) atoms. The molecular formula is C17H14Cl4N2O2. The largest absolute Gasteiger partial charge is 0.492 e. The Morgan fingerprint density at radius 2 is 1.80 bits per heavy atom. The highest BCUT2D eigenvalue weighted by atomic mass is 35.5. The zero-order valence-corrected chi connectivity index (χ0v) is 16.0. The van der Waals surface area contributed by atoms with Crippen molar-refractivity contribution in [2.45, 2.75) is 12.8 Å². The lowest BCUT2D eigenvalue weighted by molar-refractivity contribution is -0.121. The van der Waals surface area contributed by atoms with Gasteiger partial charge in [0.2, 0.25) is 5.91 Å². The molecule has 0 aliphatic heterocycles. The van der Waals surface area contributed by atoms with E-state index in [1.807, 2.05) is 0 Å². The van der Waals surface area contributed by atoms with Gasteiger partial charge in [-0.2, -0.15) is 5.10 Å². The Kier molecular flexibility index (Phi) is 7.85. The summed E-state index contributed by atoms with van der Waals surface area (Å²) >= 11 is 23.8. The van der Waals surface area contributed by atoms with E-state index in [2.05, 4.69) is 10.5 Å². The van der Waals surface area contributed by atoms with Gasteiger partial charge in [-0.3, -0.25) is 4.79 Å². The number of nitrogens with one attached hydrogen (secondary N) is 1. The summed E-state index contributed by atoms with van der Waals surface area (Å²) in [6, 6.07) is 10.1. The molecule has 0 radical (unpaired) electrons. The maximum absolute atomic E-state index is 11.7. The third-order valence-electron chi connectivity index (χ3n) is 3.08. The Bertz CT molecular complexity index is 761. The number of nitrogens with zero attached hydrogens (tertiary/aromatic N) is 1. The van der Waals surface area contributed by atoms with Crippen molar-refractivity contribution >= 4 is 58.5 Å². The van der Waals surface area contributed by atoms with Gasteiger partial charge >= 0.3 is 0 Å². The van der Waals surface area contributed by atoms with Crippen LogP contribution in [0.1, 0.15) is 18.4 Å². The number of hydrogen-bond acceptors (Lipinski definition) is 3. The van der Waals surface area contributed by atoms with Crippen molar-refractivity contribution in [3.8, 4) is 5.75 Å². The van der Waals surface area contributed by atoms with Gasteiger partial charge in [0.25, 0.3) is 0 Å². The van der Waals surface area contributed by atoms with Gasteiger partial charge < -0.3 is 4.74 Å². The van der Waals surface area contributed by atoms with E-state index in [0.29, 0.717) is 44.4 Å². The van der Waals surface area contributed by atoms with Gasteiger partial charge in [-0.15, -0.1) is 0 Å². The Morgan fingerprint density at radius 1 is 1.08 bits per heavy atom. The number of halogens is 4. The Morgan fingerprint density at radius 3 is 2.48 bits per heavy atom. The van der Waals surface area contributed by atoms with Crippen molar-refractivity contribution in [1.82, 2.24) is 5.43 Å². The van der Waals surface area contributed by atoms with E-state index in [0.717, 1.165) is 0 Å². The molecule has 0 spiro atoms. The second kappa shape index (κ2) is 9.88. The lowest BCUT2D eigenvalue weighted by Gasteiger charge is -2.07. The van der Waals surface area contributed by atoms with Crippen molar-refractivity contribution in [3.63, 3.8) is 0 Å². The van der Waals surface area contributed by atoms with Crippen LogP contribution in [-0.4, -0.2) is 18.7 Å². The number of benzene rings is 2. The first-order chi connectivity index (χ1) is 12.0. The highest BCUT2D eigenvalue weighted by Crippen LogP contribution is 2.27. The molecule has 0 atom stereocenters. The molecule has 0 fully saturated rings. The average molecular weight is 420 g/mol. The molecule has 2 rings (SSSR count). The van der Waals surface area contributed by atoms with Gasteiger partial charge in [0, 0.05) is 17.0 Å². The molecule has 0 saturated heterocycles. The molecule has 4 nitrogen and oxygen atoms in total. The molecule has 0 bridgehead atoms. The maximum atomic E-state index is 11.7. The molecule has 8 heteroatoms. The molecular weight excluding hydrogens is 406 g/mol. The smallest absolute Gasteiger partial charge is 0.240 e. The van der Waals surface area contributed by atoms with Gasteiger partial charge in [-0.05, 0) is 36.8 Å². The Labute approximate surface area is 165 Å². The van der Waals surface area contributed by atoms with Gasteiger partial charge in [-0.25, -0.2) is 5.43 Å². The minimum Gasteiger partial charge on any atom is -0.492 e. The van der Waals surface area contributed by atoms with Crippen LogP contribution in [0, 0.1) is 0 Å². The highest BCUT2D eigenvalue weighted by molar-refractivity contribution is 6.38. The second-order valence-corrected chi connectivity index (χ2v) is 6.61. The van der Waals surface area contributed by atoms with Crippen molar-refractivity contribution in [2.24, 2.45) is 5.10 Å². The van der Waals surface area contributed by atoms with Gasteiger partial charge in [0.1, 0.15) is 5.75 Å². The summed E-state index contributed by atoms with van der Waals surface area (Å²) in [6.07, 6.45) is 2.17. The SMILES string of the molecule is O=C(CCCOc1ccc(Cl)cc1Cl)NN=Cc1c(Cl)cccc1Cl. The first kappa shape index (κ1) is 19.9. The van der Waals surface area contributed by atoms with Crippen LogP contribution in [0.2, 0.25) is 20.1 Å². The van der Waals surface area contributed by atoms with Crippen LogP contribution in [-0.2, 0) is 4.79 Å². The summed E-state index contributed by atoms with van der Waals surface area (Å²) in [5.74, 6) is 0.281. The fraction of sp³-hybridized carbons (Fsp3) is 0.176. The van der Waals surface area contributed by atoms with E-state index >= 15 is 0 Å². The number of amides is 1. The van der Waals surface area contributed by atoms with Crippen LogP contribution in [0.3, 0.4) is 0 Å². The summed E-state index contributed by atoms with van der Waals surface area (Å²) < 4.78 is 5.50. The molecule has 1 amide bonds. The highest BCUT2D eigenvalue weighted by Gasteiger charge is 2.05. The third kappa shape index (κ3) is 6.40. The van der Waals surface area contributed by atoms with Crippen LogP contribution >= 0.6 is 46.4 Å². The Balaban J connectivity index is 1.73. The fourth-order valence-electron chi connectivity index (χ4n) is 1.87. The molecule has 0 aliphatic rings. The minimum absolute atomic E-state index is 0.245. The molecule has 2 aromatic carbocycles. The van der Waals surface area contributed by atoms with Crippen LogP contribution in [0.4, 0.5) is 0 Å². The lowest BCUT2D eigenvalue weighted by atomic mass is 10.2. The predicted molar refractivity (Wildman–Crippen MR) is 103 cm³/mol. The first-order valence-corrected chi connectivity index (χ1v) is 8.82. The number of carbonyl (C=O) groups excluding carboxylic acids is 1. The molecule has 2 aromatic rings. The number of ether oxygens (including phenoxy) is 1. The Hall–Kier alpha value is -1.46. The van der Waals surface area contributed by atoms with Crippen LogP contribution < -0.4 is 10.2 Å². The molecule has 0 aromatic heterocycles. The molecule has 1 N–H and O–H groups in total. The molecule has 0 unspecified atom stereocenters. The third-order valence-corrected chi connectivity index (χ3v) is 4.27. The first-order valence-electron chi connectivity index (χ1n) is 7.31. The molecule has 0 saturated carbocycles. The van der Waals surface area contributed by atoms with Gasteiger partial charge in [-0.1, -0.05) is 52.5 Å². The predicted octanol–water partition coefficient (Wildman–Crippen LogP) is 5.61. The molecule has 0 aliphatic carbocycles. The number of hydrogen-bond donors (Lipinski definition) is 1. The van der Waals surface area contributed by atoms with Crippen molar-refractivity contribution < 1.29 is 9.53 Å². The second-order valence-electron chi connectivity index (χ2n) is 4.96. The number of carbonyl (C=O) groups is 1. The van der Waals surface area contributed by atoms with Crippen molar-refractivity contribution in [2.75, 3.05) is 6.61 Å². The van der Waals surface area contributed by atoms with E-state index in [-0.39, 0.29) is 12.3 Å². The number of rotatable bonds is 7. The summed E-state index contributed by atoms with van der Waals surface area (Å²) in [6.45, 7) is 0.342. The van der Waals surface area contributed by atoms with Crippen LogP contribution in [0.25, 0.3) is 0 Å². The number of hydrazone groups is 1. The lowest BCUT2D eigenvalue weighted by Crippen LogP contribution is -2.18. The summed E-state index contributed by atoms with van der Waals surface area (Å²) in [4.78, 5) is 11.7. The maximum Gasteiger partial charge on any atom is 0.240 e. The zero-order chi connectivity index (χ0) is 18.2. The average Bonchev–Trinajstić information content (AvgIpc) is 2.56. The van der Waals surface area contributed by atoms with E-state index in [9.17, 15) is 4.79 Å².